The zero-order valence-electron chi connectivity index (χ0n) is 11.0. The first-order valence-corrected chi connectivity index (χ1v) is 6.04. The molecule has 2 rings (SSSR count). The van der Waals surface area contributed by atoms with E-state index in [-0.39, 0.29) is 11.4 Å². The fraction of sp³-hybridized carbons (Fsp3) is 0.750. The van der Waals surface area contributed by atoms with Gasteiger partial charge in [-0.15, -0.1) is 0 Å². The van der Waals surface area contributed by atoms with Crippen molar-refractivity contribution >= 4 is 11.9 Å². The Labute approximate surface area is 102 Å². The predicted octanol–water partition coefficient (Wildman–Crippen LogP) is 1.96. The Kier molecular flexibility index (Phi) is 2.72. The molecule has 5 heteroatoms. The SMILES string of the molecule is CC1(CNc2nc(N)nc(C(C)(C)C)n2)CC1. The van der Waals surface area contributed by atoms with Gasteiger partial charge in [-0.2, -0.15) is 15.0 Å². The molecule has 0 aliphatic heterocycles. The van der Waals surface area contributed by atoms with Gasteiger partial charge in [-0.25, -0.2) is 0 Å². The van der Waals surface area contributed by atoms with Gasteiger partial charge in [-0.3, -0.25) is 0 Å². The van der Waals surface area contributed by atoms with Crippen LogP contribution in [-0.4, -0.2) is 21.5 Å². The molecule has 1 aliphatic carbocycles. The van der Waals surface area contributed by atoms with Crippen LogP contribution in [0.5, 0.6) is 0 Å². The number of hydrogen-bond acceptors (Lipinski definition) is 5. The Morgan fingerprint density at radius 3 is 2.41 bits per heavy atom. The molecule has 1 aromatic rings. The van der Waals surface area contributed by atoms with E-state index in [4.69, 9.17) is 5.73 Å². The van der Waals surface area contributed by atoms with Crippen LogP contribution in [0.2, 0.25) is 0 Å². The molecule has 3 N–H and O–H groups in total. The summed E-state index contributed by atoms with van der Waals surface area (Å²) >= 11 is 0. The molecule has 0 radical (unpaired) electrons. The van der Waals surface area contributed by atoms with Gasteiger partial charge in [0.2, 0.25) is 11.9 Å². The summed E-state index contributed by atoms with van der Waals surface area (Å²) in [6.45, 7) is 9.35. The average molecular weight is 235 g/mol. The van der Waals surface area contributed by atoms with Crippen molar-refractivity contribution in [1.29, 1.82) is 0 Å². The van der Waals surface area contributed by atoms with E-state index in [2.05, 4.69) is 48.0 Å². The zero-order chi connectivity index (χ0) is 12.7. The van der Waals surface area contributed by atoms with E-state index in [0.29, 0.717) is 11.4 Å². The lowest BCUT2D eigenvalue weighted by molar-refractivity contribution is 0.542. The Bertz CT molecular complexity index is 417. The number of nitrogens with zero attached hydrogens (tertiary/aromatic N) is 3. The second kappa shape index (κ2) is 3.82. The lowest BCUT2D eigenvalue weighted by Gasteiger charge is -2.18. The van der Waals surface area contributed by atoms with Gasteiger partial charge in [-0.05, 0) is 18.3 Å². The molecule has 0 aromatic carbocycles. The first-order chi connectivity index (χ1) is 7.78. The molecular formula is C12H21N5. The largest absolute Gasteiger partial charge is 0.368 e. The lowest BCUT2D eigenvalue weighted by Crippen LogP contribution is -2.21. The molecule has 17 heavy (non-hydrogen) atoms. The molecule has 1 heterocycles. The van der Waals surface area contributed by atoms with Crippen molar-refractivity contribution < 1.29 is 0 Å². The van der Waals surface area contributed by atoms with E-state index < -0.39 is 0 Å². The van der Waals surface area contributed by atoms with Gasteiger partial charge in [0, 0.05) is 12.0 Å². The molecule has 0 bridgehead atoms. The Hall–Kier alpha value is -1.39. The number of aromatic nitrogens is 3. The van der Waals surface area contributed by atoms with Crippen molar-refractivity contribution in [2.24, 2.45) is 5.41 Å². The minimum Gasteiger partial charge on any atom is -0.368 e. The van der Waals surface area contributed by atoms with Gasteiger partial charge in [0.25, 0.3) is 0 Å². The van der Waals surface area contributed by atoms with Crippen molar-refractivity contribution in [3.8, 4) is 0 Å². The maximum atomic E-state index is 5.71. The van der Waals surface area contributed by atoms with Crippen molar-refractivity contribution in [2.75, 3.05) is 17.6 Å². The van der Waals surface area contributed by atoms with E-state index in [0.717, 1.165) is 12.4 Å². The molecule has 5 nitrogen and oxygen atoms in total. The normalized spacial score (nSPS) is 17.9. The third kappa shape index (κ3) is 3.05. The second-order valence-corrected chi connectivity index (χ2v) is 6.26. The molecule has 1 fully saturated rings. The maximum absolute atomic E-state index is 5.71. The van der Waals surface area contributed by atoms with E-state index in [1.165, 1.54) is 12.8 Å². The number of rotatable bonds is 3. The summed E-state index contributed by atoms with van der Waals surface area (Å²) in [4.78, 5) is 12.7. The highest BCUT2D eigenvalue weighted by Crippen LogP contribution is 2.44. The van der Waals surface area contributed by atoms with Crippen LogP contribution >= 0.6 is 0 Å². The summed E-state index contributed by atoms with van der Waals surface area (Å²) in [5.41, 5.74) is 6.01. The zero-order valence-corrected chi connectivity index (χ0v) is 11.0. The van der Waals surface area contributed by atoms with Crippen LogP contribution < -0.4 is 11.1 Å². The molecule has 1 saturated carbocycles. The van der Waals surface area contributed by atoms with E-state index in [1.807, 2.05) is 0 Å². The van der Waals surface area contributed by atoms with Crippen molar-refractivity contribution in [2.45, 2.75) is 46.0 Å². The van der Waals surface area contributed by atoms with Gasteiger partial charge in [-0.1, -0.05) is 27.7 Å². The third-order valence-corrected chi connectivity index (χ3v) is 3.10. The molecular weight excluding hydrogens is 214 g/mol. The maximum Gasteiger partial charge on any atom is 0.227 e. The fourth-order valence-electron chi connectivity index (χ4n) is 1.49. The first kappa shape index (κ1) is 12.1. The molecule has 0 saturated heterocycles. The molecule has 0 unspecified atom stereocenters. The average Bonchev–Trinajstić information content (AvgIpc) is 2.92. The van der Waals surface area contributed by atoms with Gasteiger partial charge in [0.1, 0.15) is 5.82 Å². The van der Waals surface area contributed by atoms with Crippen LogP contribution in [0.25, 0.3) is 0 Å². The number of nitrogens with two attached hydrogens (primary N) is 1. The standard InChI is InChI=1S/C12H21N5/c1-11(2,3)8-15-9(13)17-10(16-8)14-7-12(4)5-6-12/h5-7H2,1-4H3,(H3,13,14,15,16,17). The summed E-state index contributed by atoms with van der Waals surface area (Å²) in [5, 5.41) is 3.26. The highest BCUT2D eigenvalue weighted by Gasteiger charge is 2.37. The van der Waals surface area contributed by atoms with Gasteiger partial charge >= 0.3 is 0 Å². The number of nitrogen functional groups attached to an aromatic ring is 1. The summed E-state index contributed by atoms with van der Waals surface area (Å²) in [6.07, 6.45) is 2.54. The van der Waals surface area contributed by atoms with E-state index >= 15 is 0 Å². The fourth-order valence-corrected chi connectivity index (χ4v) is 1.49. The molecule has 1 aliphatic rings. The third-order valence-electron chi connectivity index (χ3n) is 3.10. The van der Waals surface area contributed by atoms with Crippen molar-refractivity contribution in [3.05, 3.63) is 5.82 Å². The van der Waals surface area contributed by atoms with Crippen LogP contribution in [0.3, 0.4) is 0 Å². The quantitative estimate of drug-likeness (QED) is 0.837. The van der Waals surface area contributed by atoms with Gasteiger partial charge in [0.05, 0.1) is 0 Å². The molecule has 0 spiro atoms. The van der Waals surface area contributed by atoms with Gasteiger partial charge in [0.15, 0.2) is 0 Å². The number of anilines is 2. The summed E-state index contributed by atoms with van der Waals surface area (Å²) < 4.78 is 0. The minimum atomic E-state index is -0.114. The Balaban J connectivity index is 2.14. The monoisotopic (exact) mass is 235 g/mol. The Morgan fingerprint density at radius 1 is 1.24 bits per heavy atom. The van der Waals surface area contributed by atoms with Crippen molar-refractivity contribution in [3.63, 3.8) is 0 Å². The highest BCUT2D eigenvalue weighted by atomic mass is 15.2. The first-order valence-electron chi connectivity index (χ1n) is 6.04. The topological polar surface area (TPSA) is 76.7 Å². The predicted molar refractivity (Wildman–Crippen MR) is 68.8 cm³/mol. The Morgan fingerprint density at radius 2 is 1.88 bits per heavy atom. The van der Waals surface area contributed by atoms with Crippen LogP contribution in [0.1, 0.15) is 46.4 Å². The van der Waals surface area contributed by atoms with E-state index in [9.17, 15) is 0 Å². The van der Waals surface area contributed by atoms with Crippen LogP contribution in [-0.2, 0) is 5.41 Å². The van der Waals surface area contributed by atoms with Crippen molar-refractivity contribution in [1.82, 2.24) is 15.0 Å². The number of nitrogens with one attached hydrogen (secondary N) is 1. The lowest BCUT2D eigenvalue weighted by atomic mass is 9.96. The minimum absolute atomic E-state index is 0.114. The molecule has 0 amide bonds. The summed E-state index contributed by atoms with van der Waals surface area (Å²) in [7, 11) is 0. The number of hydrogen-bond donors (Lipinski definition) is 2. The van der Waals surface area contributed by atoms with Crippen LogP contribution in [0.15, 0.2) is 0 Å². The van der Waals surface area contributed by atoms with Crippen LogP contribution in [0, 0.1) is 5.41 Å². The van der Waals surface area contributed by atoms with E-state index in [1.54, 1.807) is 0 Å². The van der Waals surface area contributed by atoms with Gasteiger partial charge < -0.3 is 11.1 Å². The smallest absolute Gasteiger partial charge is 0.227 e. The molecule has 0 atom stereocenters. The molecule has 94 valence electrons. The summed E-state index contributed by atoms with van der Waals surface area (Å²) in [6, 6.07) is 0. The highest BCUT2D eigenvalue weighted by molar-refractivity contribution is 5.33. The second-order valence-electron chi connectivity index (χ2n) is 6.26. The molecule has 1 aromatic heterocycles. The van der Waals surface area contributed by atoms with Crippen LogP contribution in [0.4, 0.5) is 11.9 Å². The summed E-state index contributed by atoms with van der Waals surface area (Å²) in [5.74, 6) is 1.61.